The number of likely N-dealkylation sites (tertiary alicyclic amines) is 1. The summed E-state index contributed by atoms with van der Waals surface area (Å²) in [5, 5.41) is 3.08. The van der Waals surface area contributed by atoms with Crippen molar-refractivity contribution < 1.29 is 13.6 Å². The van der Waals surface area contributed by atoms with Crippen molar-refractivity contribution in [2.45, 2.75) is 45.7 Å². The summed E-state index contributed by atoms with van der Waals surface area (Å²) in [6, 6.07) is 3.03. The van der Waals surface area contributed by atoms with Crippen molar-refractivity contribution in [3.8, 4) is 0 Å². The first-order valence-corrected chi connectivity index (χ1v) is 7.94. The van der Waals surface area contributed by atoms with Crippen molar-refractivity contribution in [3.05, 3.63) is 29.8 Å². The van der Waals surface area contributed by atoms with Crippen LogP contribution >= 0.6 is 0 Å². The summed E-state index contributed by atoms with van der Waals surface area (Å²) in [5.41, 5.74) is 6.05. The minimum atomic E-state index is -0.599. The molecule has 0 radical (unpaired) electrons. The van der Waals surface area contributed by atoms with Crippen LogP contribution in [0.2, 0.25) is 0 Å². The lowest BCUT2D eigenvalue weighted by Gasteiger charge is -2.37. The predicted molar refractivity (Wildman–Crippen MR) is 87.0 cm³/mol. The van der Waals surface area contributed by atoms with E-state index in [2.05, 4.69) is 5.32 Å². The molecule has 0 saturated carbocycles. The van der Waals surface area contributed by atoms with E-state index < -0.39 is 17.7 Å². The maximum atomic E-state index is 13.7. The highest BCUT2D eigenvalue weighted by molar-refractivity contribution is 5.82. The number of amides is 1. The zero-order valence-corrected chi connectivity index (χ0v) is 13.9. The largest absolute Gasteiger partial charge is 0.380 e. The van der Waals surface area contributed by atoms with Gasteiger partial charge in [-0.15, -0.1) is 0 Å². The molecule has 0 aliphatic carbocycles. The summed E-state index contributed by atoms with van der Waals surface area (Å²) >= 11 is 0. The molecule has 1 aliphatic heterocycles. The normalized spacial score (nSPS) is 17.9. The van der Waals surface area contributed by atoms with Crippen LogP contribution < -0.4 is 11.1 Å². The van der Waals surface area contributed by atoms with Gasteiger partial charge in [-0.3, -0.25) is 4.79 Å². The number of nitrogens with two attached hydrogens (primary N) is 1. The van der Waals surface area contributed by atoms with Gasteiger partial charge in [0.25, 0.3) is 0 Å². The minimum absolute atomic E-state index is 0.0380. The maximum absolute atomic E-state index is 13.7. The molecule has 1 amide bonds. The first kappa shape index (κ1) is 17.7. The van der Waals surface area contributed by atoms with Crippen LogP contribution in [0.15, 0.2) is 18.2 Å². The Morgan fingerprint density at radius 1 is 1.30 bits per heavy atom. The van der Waals surface area contributed by atoms with Crippen LogP contribution in [0, 0.1) is 17.0 Å². The first-order valence-electron chi connectivity index (χ1n) is 7.94. The second-order valence-electron chi connectivity index (χ2n) is 7.21. The molecule has 1 atom stereocenters. The molecular formula is C17H25F2N3O. The zero-order valence-electron chi connectivity index (χ0n) is 13.9. The number of nitrogens with zero attached hydrogens (tertiary/aromatic N) is 1. The molecule has 3 N–H and O–H groups in total. The average Bonchev–Trinajstić information content (AvgIpc) is 2.48. The quantitative estimate of drug-likeness (QED) is 0.898. The van der Waals surface area contributed by atoms with Gasteiger partial charge < -0.3 is 16.0 Å². The standard InChI is InChI=1S/C17H25F2N3O/c1-17(2,3)15(20)16(23)22-8-6-12(7-9-22)21-14-5-4-11(18)10-13(14)19/h4-5,10,12,15,21H,6-9,20H2,1-3H3/t15-/m1/s1. The van der Waals surface area contributed by atoms with Gasteiger partial charge in [-0.05, 0) is 30.4 Å². The van der Waals surface area contributed by atoms with Gasteiger partial charge in [0.2, 0.25) is 5.91 Å². The number of carbonyl (C=O) groups excluding carboxylic acids is 1. The topological polar surface area (TPSA) is 58.4 Å². The van der Waals surface area contributed by atoms with Gasteiger partial charge in [0.05, 0.1) is 11.7 Å². The molecule has 0 spiro atoms. The van der Waals surface area contributed by atoms with E-state index in [-0.39, 0.29) is 17.4 Å². The Morgan fingerprint density at radius 2 is 1.91 bits per heavy atom. The Labute approximate surface area is 136 Å². The molecule has 2 rings (SSSR count). The molecule has 0 unspecified atom stereocenters. The number of benzene rings is 1. The highest BCUT2D eigenvalue weighted by atomic mass is 19.1. The number of rotatable bonds is 3. The zero-order chi connectivity index (χ0) is 17.2. The van der Waals surface area contributed by atoms with Crippen molar-refractivity contribution >= 4 is 11.6 Å². The fourth-order valence-corrected chi connectivity index (χ4v) is 2.64. The fraction of sp³-hybridized carbons (Fsp3) is 0.588. The Hall–Kier alpha value is -1.69. The molecule has 1 aliphatic rings. The second-order valence-corrected chi connectivity index (χ2v) is 7.21. The number of hydrogen-bond acceptors (Lipinski definition) is 3. The summed E-state index contributed by atoms with van der Waals surface area (Å²) in [7, 11) is 0. The smallest absolute Gasteiger partial charge is 0.240 e. The van der Waals surface area contributed by atoms with Gasteiger partial charge in [-0.2, -0.15) is 0 Å². The minimum Gasteiger partial charge on any atom is -0.380 e. The fourth-order valence-electron chi connectivity index (χ4n) is 2.64. The third kappa shape index (κ3) is 4.41. The predicted octanol–water partition coefficient (Wildman–Crippen LogP) is 2.74. The van der Waals surface area contributed by atoms with Crippen LogP contribution in [-0.2, 0) is 4.79 Å². The van der Waals surface area contributed by atoms with Crippen LogP contribution in [0.25, 0.3) is 0 Å². The number of piperidine rings is 1. The van der Waals surface area contributed by atoms with Crippen molar-refractivity contribution in [1.82, 2.24) is 4.90 Å². The molecular weight excluding hydrogens is 300 g/mol. The van der Waals surface area contributed by atoms with Crippen LogP contribution in [0.5, 0.6) is 0 Å². The summed E-state index contributed by atoms with van der Waals surface area (Å²) in [5.74, 6) is -1.23. The lowest BCUT2D eigenvalue weighted by atomic mass is 9.86. The van der Waals surface area contributed by atoms with Crippen LogP contribution in [0.3, 0.4) is 0 Å². The Balaban J connectivity index is 1.90. The molecule has 1 aromatic carbocycles. The van der Waals surface area contributed by atoms with E-state index in [9.17, 15) is 13.6 Å². The van der Waals surface area contributed by atoms with Gasteiger partial charge in [0.15, 0.2) is 0 Å². The molecule has 4 nitrogen and oxygen atoms in total. The van der Waals surface area contributed by atoms with E-state index >= 15 is 0 Å². The van der Waals surface area contributed by atoms with Gasteiger partial charge >= 0.3 is 0 Å². The molecule has 128 valence electrons. The Kier molecular flexibility index (Phi) is 5.24. The van der Waals surface area contributed by atoms with Crippen LogP contribution in [0.1, 0.15) is 33.6 Å². The molecule has 1 fully saturated rings. The van der Waals surface area contributed by atoms with Crippen molar-refractivity contribution in [1.29, 1.82) is 0 Å². The van der Waals surface area contributed by atoms with E-state index in [0.29, 0.717) is 31.6 Å². The van der Waals surface area contributed by atoms with E-state index in [4.69, 9.17) is 5.73 Å². The van der Waals surface area contributed by atoms with Crippen molar-refractivity contribution in [3.63, 3.8) is 0 Å². The van der Waals surface area contributed by atoms with E-state index in [1.54, 1.807) is 4.90 Å². The molecule has 1 saturated heterocycles. The highest BCUT2D eigenvalue weighted by Crippen LogP contribution is 2.23. The molecule has 6 heteroatoms. The number of halogens is 2. The summed E-state index contributed by atoms with van der Waals surface area (Å²) < 4.78 is 26.6. The van der Waals surface area contributed by atoms with Crippen molar-refractivity contribution in [2.75, 3.05) is 18.4 Å². The third-order valence-corrected chi connectivity index (χ3v) is 4.30. The second kappa shape index (κ2) is 6.83. The molecule has 0 bridgehead atoms. The first-order chi connectivity index (χ1) is 10.7. The summed E-state index contributed by atoms with van der Waals surface area (Å²) in [6.45, 7) is 7.01. The molecule has 1 heterocycles. The van der Waals surface area contributed by atoms with Crippen LogP contribution in [-0.4, -0.2) is 36.0 Å². The van der Waals surface area contributed by atoms with E-state index in [0.717, 1.165) is 6.07 Å². The van der Waals surface area contributed by atoms with Gasteiger partial charge in [0.1, 0.15) is 11.6 Å². The van der Waals surface area contributed by atoms with Crippen LogP contribution in [0.4, 0.5) is 14.5 Å². The average molecular weight is 325 g/mol. The van der Waals surface area contributed by atoms with Gasteiger partial charge in [-0.25, -0.2) is 8.78 Å². The van der Waals surface area contributed by atoms with E-state index in [1.165, 1.54) is 12.1 Å². The lowest BCUT2D eigenvalue weighted by molar-refractivity contribution is -0.135. The Bertz CT molecular complexity index is 563. The number of hydrogen-bond donors (Lipinski definition) is 2. The number of carbonyl (C=O) groups is 1. The monoisotopic (exact) mass is 325 g/mol. The third-order valence-electron chi connectivity index (χ3n) is 4.30. The highest BCUT2D eigenvalue weighted by Gasteiger charge is 2.33. The molecule has 1 aromatic rings. The summed E-state index contributed by atoms with van der Waals surface area (Å²) in [6.07, 6.45) is 1.42. The molecule has 23 heavy (non-hydrogen) atoms. The Morgan fingerprint density at radius 3 is 2.43 bits per heavy atom. The SMILES string of the molecule is CC(C)(C)[C@H](N)C(=O)N1CCC(Nc2ccc(F)cc2F)CC1. The van der Waals surface area contributed by atoms with E-state index in [1.807, 2.05) is 20.8 Å². The summed E-state index contributed by atoms with van der Waals surface area (Å²) in [4.78, 5) is 14.2. The van der Waals surface area contributed by atoms with Crippen molar-refractivity contribution in [2.24, 2.45) is 11.1 Å². The molecule has 0 aromatic heterocycles. The number of anilines is 1. The lowest BCUT2D eigenvalue weighted by Crippen LogP contribution is -2.53. The van der Waals surface area contributed by atoms with Gasteiger partial charge in [-0.1, -0.05) is 20.8 Å². The van der Waals surface area contributed by atoms with Gasteiger partial charge in [0, 0.05) is 25.2 Å². The number of nitrogens with one attached hydrogen (secondary N) is 1. The maximum Gasteiger partial charge on any atom is 0.240 e.